The van der Waals surface area contributed by atoms with E-state index >= 15 is 0 Å². The molecule has 3 N–H and O–H groups in total. The summed E-state index contributed by atoms with van der Waals surface area (Å²) >= 11 is 0. The van der Waals surface area contributed by atoms with Crippen LogP contribution in [-0.2, 0) is 14.6 Å². The van der Waals surface area contributed by atoms with Crippen LogP contribution in [0.5, 0.6) is 0 Å². The second-order valence-corrected chi connectivity index (χ2v) is 4.93. The molecule has 0 aliphatic carbocycles. The van der Waals surface area contributed by atoms with Gasteiger partial charge in [0, 0.05) is 6.26 Å². The van der Waals surface area contributed by atoms with Gasteiger partial charge in [-0.2, -0.15) is 0 Å². The summed E-state index contributed by atoms with van der Waals surface area (Å²) in [5.74, 6) is -1.88. The van der Waals surface area contributed by atoms with Crippen LogP contribution in [0.25, 0.3) is 0 Å². The van der Waals surface area contributed by atoms with Crippen LogP contribution >= 0.6 is 0 Å². The van der Waals surface area contributed by atoms with E-state index < -0.39 is 27.1 Å². The van der Waals surface area contributed by atoms with Crippen molar-refractivity contribution in [1.82, 2.24) is 5.48 Å². The first-order chi connectivity index (χ1) is 5.19. The Morgan fingerprint density at radius 3 is 2.25 bits per heavy atom. The van der Waals surface area contributed by atoms with Crippen LogP contribution in [0.3, 0.4) is 0 Å². The maximum atomic E-state index is 10.6. The zero-order valence-corrected chi connectivity index (χ0v) is 7.55. The summed E-state index contributed by atoms with van der Waals surface area (Å²) in [5, 5.41) is 17.3. The van der Waals surface area contributed by atoms with Gasteiger partial charge in [-0.25, -0.2) is 13.9 Å². The average Bonchev–Trinajstić information content (AvgIpc) is 1.80. The van der Waals surface area contributed by atoms with Crippen LogP contribution in [0.1, 0.15) is 6.92 Å². The molecule has 1 atom stereocenters. The van der Waals surface area contributed by atoms with Crippen molar-refractivity contribution >= 4 is 15.7 Å². The smallest absolute Gasteiger partial charge is 0.276 e. The number of amides is 1. The van der Waals surface area contributed by atoms with Gasteiger partial charge >= 0.3 is 0 Å². The van der Waals surface area contributed by atoms with E-state index in [2.05, 4.69) is 0 Å². The monoisotopic (exact) mass is 197 g/mol. The number of carbonyl (C=O) groups excluding carboxylic acids is 1. The Morgan fingerprint density at radius 1 is 1.58 bits per heavy atom. The number of nitrogens with one attached hydrogen (secondary N) is 1. The number of hydrogen-bond acceptors (Lipinski definition) is 5. The minimum absolute atomic E-state index is 0.730. The topological polar surface area (TPSA) is 104 Å². The third kappa shape index (κ3) is 3.65. The van der Waals surface area contributed by atoms with Gasteiger partial charge in [0.1, 0.15) is 0 Å². The standard InChI is InChI=1S/C5H11NO5S/c1-5(8,4(7)6-9)3-12(2,10)11/h8-9H,3H2,1-2H3,(H,6,7)/t5-/m1/s1. The molecule has 12 heavy (non-hydrogen) atoms. The molecule has 1 amide bonds. The molecule has 0 fully saturated rings. The molecule has 72 valence electrons. The maximum Gasteiger partial charge on any atom is 0.276 e. The van der Waals surface area contributed by atoms with Gasteiger partial charge in [0.15, 0.2) is 15.4 Å². The Hall–Kier alpha value is -0.660. The molecule has 7 heteroatoms. The highest BCUT2D eigenvalue weighted by Gasteiger charge is 2.33. The molecule has 0 saturated heterocycles. The van der Waals surface area contributed by atoms with E-state index in [-0.39, 0.29) is 0 Å². The molecule has 0 heterocycles. The summed E-state index contributed by atoms with van der Waals surface area (Å²) in [6, 6.07) is 0. The Kier molecular flexibility index (Phi) is 3.19. The molecule has 0 bridgehead atoms. The Bertz CT molecular complexity index is 268. The van der Waals surface area contributed by atoms with Crippen LogP contribution in [0.2, 0.25) is 0 Å². The third-order valence-corrected chi connectivity index (χ3v) is 2.22. The highest BCUT2D eigenvalue weighted by atomic mass is 32.2. The molecular weight excluding hydrogens is 186 g/mol. The van der Waals surface area contributed by atoms with Gasteiger partial charge in [0.2, 0.25) is 0 Å². The Labute approximate surface area is 70.1 Å². The van der Waals surface area contributed by atoms with Crippen LogP contribution < -0.4 is 5.48 Å². The van der Waals surface area contributed by atoms with E-state index in [9.17, 15) is 13.2 Å². The summed E-state index contributed by atoms with van der Waals surface area (Å²) in [5.41, 5.74) is -0.920. The highest BCUT2D eigenvalue weighted by Crippen LogP contribution is 2.06. The first kappa shape index (κ1) is 11.3. The van der Waals surface area contributed by atoms with Gasteiger partial charge < -0.3 is 5.11 Å². The highest BCUT2D eigenvalue weighted by molar-refractivity contribution is 7.90. The number of rotatable bonds is 3. The van der Waals surface area contributed by atoms with Gasteiger partial charge in [-0.15, -0.1) is 0 Å². The van der Waals surface area contributed by atoms with Crippen molar-refractivity contribution in [3.8, 4) is 0 Å². The van der Waals surface area contributed by atoms with E-state index in [1.165, 1.54) is 5.48 Å². The first-order valence-electron chi connectivity index (χ1n) is 3.04. The molecule has 0 spiro atoms. The molecule has 0 aromatic rings. The fourth-order valence-corrected chi connectivity index (χ4v) is 1.85. The van der Waals surface area contributed by atoms with E-state index in [1.54, 1.807) is 0 Å². The summed E-state index contributed by atoms with van der Waals surface area (Å²) in [4.78, 5) is 10.6. The van der Waals surface area contributed by atoms with Crippen molar-refractivity contribution in [2.24, 2.45) is 0 Å². The van der Waals surface area contributed by atoms with Gasteiger partial charge in [-0.05, 0) is 6.92 Å². The number of hydrogen-bond donors (Lipinski definition) is 3. The van der Waals surface area contributed by atoms with Crippen LogP contribution in [-0.4, -0.2) is 42.2 Å². The van der Waals surface area contributed by atoms with Gasteiger partial charge in [-0.3, -0.25) is 10.0 Å². The minimum atomic E-state index is -3.46. The van der Waals surface area contributed by atoms with Crippen molar-refractivity contribution < 1.29 is 23.5 Å². The Balaban J connectivity index is 4.54. The minimum Gasteiger partial charge on any atom is -0.379 e. The predicted octanol–water partition coefficient (Wildman–Crippen LogP) is -1.71. The van der Waals surface area contributed by atoms with Crippen molar-refractivity contribution in [1.29, 1.82) is 0 Å². The lowest BCUT2D eigenvalue weighted by Crippen LogP contribution is -2.47. The molecule has 0 saturated carbocycles. The van der Waals surface area contributed by atoms with Gasteiger partial charge in [-0.1, -0.05) is 0 Å². The molecule has 0 aromatic carbocycles. The number of sulfone groups is 1. The normalized spacial score (nSPS) is 16.7. The lowest BCUT2D eigenvalue weighted by atomic mass is 10.1. The number of hydroxylamine groups is 1. The fraction of sp³-hybridized carbons (Fsp3) is 0.800. The average molecular weight is 197 g/mol. The molecule has 0 aliphatic heterocycles. The quantitative estimate of drug-likeness (QED) is 0.369. The molecule has 0 aliphatic rings. The summed E-state index contributed by atoms with van der Waals surface area (Å²) in [6.07, 6.45) is 0.881. The molecule has 6 nitrogen and oxygen atoms in total. The third-order valence-electron chi connectivity index (χ3n) is 1.13. The second kappa shape index (κ2) is 3.38. The first-order valence-corrected chi connectivity index (χ1v) is 5.10. The van der Waals surface area contributed by atoms with Crippen molar-refractivity contribution in [3.63, 3.8) is 0 Å². The molecular formula is C5H11NO5S. The van der Waals surface area contributed by atoms with E-state index in [4.69, 9.17) is 10.3 Å². The zero-order chi connectivity index (χ0) is 9.99. The van der Waals surface area contributed by atoms with E-state index in [0.29, 0.717) is 0 Å². The maximum absolute atomic E-state index is 10.6. The SMILES string of the molecule is C[C@@](O)(CS(C)(=O)=O)C(=O)NO. The van der Waals surface area contributed by atoms with Crippen LogP contribution in [0, 0.1) is 0 Å². The number of aliphatic hydroxyl groups is 1. The fourth-order valence-electron chi connectivity index (χ4n) is 0.697. The number of carbonyl (C=O) groups is 1. The summed E-state index contributed by atoms with van der Waals surface area (Å²) < 4.78 is 21.3. The summed E-state index contributed by atoms with van der Waals surface area (Å²) in [7, 11) is -3.46. The van der Waals surface area contributed by atoms with Crippen molar-refractivity contribution in [2.45, 2.75) is 12.5 Å². The Morgan fingerprint density at radius 2 is 2.00 bits per heavy atom. The lowest BCUT2D eigenvalue weighted by Gasteiger charge is -2.18. The second-order valence-electron chi connectivity index (χ2n) is 2.78. The molecule has 0 radical (unpaired) electrons. The van der Waals surface area contributed by atoms with Crippen molar-refractivity contribution in [2.75, 3.05) is 12.0 Å². The predicted molar refractivity (Wildman–Crippen MR) is 40.3 cm³/mol. The lowest BCUT2D eigenvalue weighted by molar-refractivity contribution is -0.144. The van der Waals surface area contributed by atoms with E-state index in [1.807, 2.05) is 0 Å². The molecule has 0 aromatic heterocycles. The van der Waals surface area contributed by atoms with Gasteiger partial charge in [0.25, 0.3) is 5.91 Å². The zero-order valence-electron chi connectivity index (χ0n) is 6.73. The van der Waals surface area contributed by atoms with Crippen LogP contribution in [0.15, 0.2) is 0 Å². The van der Waals surface area contributed by atoms with Crippen LogP contribution in [0.4, 0.5) is 0 Å². The molecule has 0 rings (SSSR count). The van der Waals surface area contributed by atoms with Crippen molar-refractivity contribution in [3.05, 3.63) is 0 Å². The van der Waals surface area contributed by atoms with E-state index in [0.717, 1.165) is 13.2 Å². The largest absolute Gasteiger partial charge is 0.379 e. The van der Waals surface area contributed by atoms with Gasteiger partial charge in [0.05, 0.1) is 5.75 Å². The summed E-state index contributed by atoms with van der Waals surface area (Å²) in [6.45, 7) is 1.000. The molecule has 0 unspecified atom stereocenters.